The van der Waals surface area contributed by atoms with Crippen LogP contribution in [0.15, 0.2) is 42.5 Å². The summed E-state index contributed by atoms with van der Waals surface area (Å²) in [5.41, 5.74) is 0.140. The summed E-state index contributed by atoms with van der Waals surface area (Å²) >= 11 is 5.98. The van der Waals surface area contributed by atoms with Gasteiger partial charge in [-0.05, 0) is 36.6 Å². The summed E-state index contributed by atoms with van der Waals surface area (Å²) in [6, 6.07) is 9.28. The van der Waals surface area contributed by atoms with Crippen molar-refractivity contribution in [2.45, 2.75) is 39.3 Å². The Morgan fingerprint density at radius 2 is 1.81 bits per heavy atom. The van der Waals surface area contributed by atoms with Crippen LogP contribution >= 0.6 is 11.6 Å². The average Bonchev–Trinajstić information content (AvgIpc) is 2.85. The summed E-state index contributed by atoms with van der Waals surface area (Å²) in [7, 11) is -2.82. The van der Waals surface area contributed by atoms with Gasteiger partial charge in [-0.15, -0.1) is 0 Å². The second-order valence-electron chi connectivity index (χ2n) is 8.25. The third-order valence-corrected chi connectivity index (χ3v) is 6.90. The van der Waals surface area contributed by atoms with Crippen LogP contribution in [0, 0.1) is 10.1 Å². The number of ether oxygens (including phenoxy) is 1. The lowest BCUT2D eigenvalue weighted by molar-refractivity contribution is -0.384. The molecule has 0 aromatic heterocycles. The Bertz CT molecular complexity index is 1220. The monoisotopic (exact) mass is 554 g/mol. The molecule has 0 aliphatic carbocycles. The molecule has 202 valence electrons. The predicted octanol–water partition coefficient (Wildman–Crippen LogP) is 3.36. The molecule has 2 aromatic rings. The minimum atomic E-state index is -4.10. The van der Waals surface area contributed by atoms with E-state index in [0.29, 0.717) is 23.6 Å². The molecule has 2 amide bonds. The van der Waals surface area contributed by atoms with Crippen LogP contribution in [0.4, 0.5) is 11.4 Å². The molecule has 37 heavy (non-hydrogen) atoms. The van der Waals surface area contributed by atoms with Crippen molar-refractivity contribution in [2.24, 2.45) is 0 Å². The lowest BCUT2D eigenvalue weighted by Gasteiger charge is -2.33. The summed E-state index contributed by atoms with van der Waals surface area (Å²) in [5.74, 6) is -1.02. The van der Waals surface area contributed by atoms with Gasteiger partial charge in [-0.25, -0.2) is 8.42 Å². The predicted molar refractivity (Wildman–Crippen MR) is 141 cm³/mol. The van der Waals surface area contributed by atoms with E-state index in [2.05, 4.69) is 5.32 Å². The number of sulfonamides is 1. The summed E-state index contributed by atoms with van der Waals surface area (Å²) < 4.78 is 31.5. The van der Waals surface area contributed by atoms with Gasteiger partial charge in [0.15, 0.2) is 0 Å². The Hall–Kier alpha value is -3.38. The number of rotatable bonds is 13. The first-order valence-corrected chi connectivity index (χ1v) is 13.8. The van der Waals surface area contributed by atoms with E-state index in [1.54, 1.807) is 31.2 Å². The molecule has 2 aromatic carbocycles. The van der Waals surface area contributed by atoms with Crippen molar-refractivity contribution < 1.29 is 27.7 Å². The van der Waals surface area contributed by atoms with Gasteiger partial charge in [0, 0.05) is 30.2 Å². The van der Waals surface area contributed by atoms with Crippen molar-refractivity contribution in [1.82, 2.24) is 10.2 Å². The quantitative estimate of drug-likeness (QED) is 0.296. The fourth-order valence-corrected chi connectivity index (χ4v) is 4.62. The molecule has 0 fully saturated rings. The summed E-state index contributed by atoms with van der Waals surface area (Å²) in [4.78, 5) is 38.6. The molecule has 1 N–H and O–H groups in total. The highest BCUT2D eigenvalue weighted by atomic mass is 35.5. The molecular formula is C24H31ClN4O7S. The van der Waals surface area contributed by atoms with Crippen LogP contribution in [-0.2, 0) is 26.2 Å². The molecule has 1 unspecified atom stereocenters. The van der Waals surface area contributed by atoms with Gasteiger partial charge >= 0.3 is 0 Å². The maximum atomic E-state index is 13.7. The van der Waals surface area contributed by atoms with Crippen LogP contribution in [0.5, 0.6) is 5.75 Å². The number of carbonyl (C=O) groups excluding carboxylic acids is 2. The van der Waals surface area contributed by atoms with E-state index >= 15 is 0 Å². The number of nitrogens with zero attached hydrogens (tertiary/aromatic N) is 3. The number of nitro benzene ring substituents is 1. The van der Waals surface area contributed by atoms with Crippen LogP contribution in [0.2, 0.25) is 5.02 Å². The number of halogens is 1. The molecule has 0 spiro atoms. The molecule has 0 bridgehead atoms. The van der Waals surface area contributed by atoms with Gasteiger partial charge in [0.1, 0.15) is 24.0 Å². The SMILES string of the molecule is CCCNC(=O)C(CC)N(Cc1ccc(Cl)cc1)C(=O)CN(c1cc([N+](=O)[O-])ccc1OC)S(C)(=O)=O. The smallest absolute Gasteiger partial charge is 0.271 e. The molecule has 2 rings (SSSR count). The molecule has 0 saturated carbocycles. The minimum Gasteiger partial charge on any atom is -0.495 e. The zero-order valence-corrected chi connectivity index (χ0v) is 22.7. The zero-order chi connectivity index (χ0) is 27.8. The van der Waals surface area contributed by atoms with E-state index in [-0.39, 0.29) is 36.0 Å². The topological polar surface area (TPSA) is 139 Å². The second kappa shape index (κ2) is 13.2. The molecule has 0 radical (unpaired) electrons. The van der Waals surface area contributed by atoms with E-state index in [1.165, 1.54) is 24.1 Å². The minimum absolute atomic E-state index is 0.0116. The number of anilines is 1. The van der Waals surface area contributed by atoms with Crippen molar-refractivity contribution >= 4 is 44.8 Å². The van der Waals surface area contributed by atoms with Crippen molar-refractivity contribution in [3.05, 3.63) is 63.2 Å². The molecule has 1 atom stereocenters. The zero-order valence-electron chi connectivity index (χ0n) is 21.1. The van der Waals surface area contributed by atoms with Crippen molar-refractivity contribution in [3.63, 3.8) is 0 Å². The number of non-ortho nitro benzene ring substituents is 1. The highest BCUT2D eigenvalue weighted by molar-refractivity contribution is 7.92. The summed E-state index contributed by atoms with van der Waals surface area (Å²) in [5, 5.41) is 14.6. The molecule has 0 aliphatic rings. The van der Waals surface area contributed by atoms with Gasteiger partial charge in [0.2, 0.25) is 21.8 Å². The fraction of sp³-hybridized carbons (Fsp3) is 0.417. The van der Waals surface area contributed by atoms with E-state index in [4.69, 9.17) is 16.3 Å². The lowest BCUT2D eigenvalue weighted by atomic mass is 10.1. The normalized spacial score (nSPS) is 11.9. The van der Waals surface area contributed by atoms with E-state index in [9.17, 15) is 28.1 Å². The first-order chi connectivity index (χ1) is 17.4. The first kappa shape index (κ1) is 29.8. The average molecular weight is 555 g/mol. The fourth-order valence-electron chi connectivity index (χ4n) is 3.65. The Kier molecular flexibility index (Phi) is 10.7. The van der Waals surface area contributed by atoms with E-state index in [1.807, 2.05) is 6.92 Å². The van der Waals surface area contributed by atoms with Gasteiger partial charge in [-0.2, -0.15) is 0 Å². The van der Waals surface area contributed by atoms with Gasteiger partial charge in [0.05, 0.1) is 18.3 Å². The van der Waals surface area contributed by atoms with Gasteiger partial charge < -0.3 is 15.0 Å². The van der Waals surface area contributed by atoms with Gasteiger partial charge in [-0.1, -0.05) is 37.6 Å². The number of hydrogen-bond donors (Lipinski definition) is 1. The maximum Gasteiger partial charge on any atom is 0.271 e. The highest BCUT2D eigenvalue weighted by Crippen LogP contribution is 2.34. The Morgan fingerprint density at radius 3 is 2.32 bits per heavy atom. The third kappa shape index (κ3) is 8.05. The van der Waals surface area contributed by atoms with Crippen LogP contribution in [0.25, 0.3) is 0 Å². The number of nitro groups is 1. The van der Waals surface area contributed by atoms with Gasteiger partial charge in [0.25, 0.3) is 5.69 Å². The largest absolute Gasteiger partial charge is 0.495 e. The Morgan fingerprint density at radius 1 is 1.16 bits per heavy atom. The van der Waals surface area contributed by atoms with Crippen LogP contribution in [-0.4, -0.2) is 62.6 Å². The number of benzene rings is 2. The third-order valence-electron chi connectivity index (χ3n) is 5.52. The maximum absolute atomic E-state index is 13.7. The Labute approximate surface area is 221 Å². The van der Waals surface area contributed by atoms with Crippen molar-refractivity contribution in [3.8, 4) is 5.75 Å². The number of hydrogen-bond acceptors (Lipinski definition) is 7. The standard InChI is InChI=1S/C24H31ClN4O7S/c1-5-13-26-24(31)20(6-2)27(15-17-7-9-18(25)10-8-17)23(30)16-28(37(4,34)35)21-14-19(29(32)33)11-12-22(21)36-3/h7-12,14,20H,5-6,13,15-16H2,1-4H3,(H,26,31). The number of nitrogens with one attached hydrogen (secondary N) is 1. The number of carbonyl (C=O) groups is 2. The molecule has 0 saturated heterocycles. The molecule has 0 heterocycles. The first-order valence-electron chi connectivity index (χ1n) is 11.5. The number of amides is 2. The van der Waals surface area contributed by atoms with E-state index in [0.717, 1.165) is 16.6 Å². The van der Waals surface area contributed by atoms with Crippen molar-refractivity contribution in [1.29, 1.82) is 0 Å². The molecule has 0 aliphatic heterocycles. The van der Waals surface area contributed by atoms with Crippen LogP contribution < -0.4 is 14.4 Å². The number of methoxy groups -OCH3 is 1. The molecular weight excluding hydrogens is 524 g/mol. The summed E-state index contributed by atoms with van der Waals surface area (Å²) in [6.45, 7) is 3.36. The highest BCUT2D eigenvalue weighted by Gasteiger charge is 2.33. The van der Waals surface area contributed by atoms with E-state index < -0.39 is 33.4 Å². The lowest BCUT2D eigenvalue weighted by Crippen LogP contribution is -2.52. The van der Waals surface area contributed by atoms with Crippen LogP contribution in [0.1, 0.15) is 32.3 Å². The molecule has 11 nitrogen and oxygen atoms in total. The van der Waals surface area contributed by atoms with Crippen LogP contribution in [0.3, 0.4) is 0 Å². The second-order valence-corrected chi connectivity index (χ2v) is 10.6. The van der Waals surface area contributed by atoms with Crippen molar-refractivity contribution in [2.75, 3.05) is 30.8 Å². The van der Waals surface area contributed by atoms with Gasteiger partial charge in [-0.3, -0.25) is 24.0 Å². The molecule has 13 heteroatoms. The summed E-state index contributed by atoms with van der Waals surface area (Å²) in [6.07, 6.45) is 1.85. The Balaban J connectivity index is 2.54.